The van der Waals surface area contributed by atoms with Crippen molar-refractivity contribution in [1.29, 1.82) is 0 Å². The Kier molecular flexibility index (Phi) is 4.80. The summed E-state index contributed by atoms with van der Waals surface area (Å²) in [5.41, 5.74) is 0.547. The lowest BCUT2D eigenvalue weighted by Gasteiger charge is -2.40. The predicted octanol–water partition coefficient (Wildman–Crippen LogP) is 3.87. The van der Waals surface area contributed by atoms with Crippen molar-refractivity contribution in [1.82, 2.24) is 4.90 Å². The first-order valence-electron chi connectivity index (χ1n) is 11.9. The Hall–Kier alpha value is -3.89. The summed E-state index contributed by atoms with van der Waals surface area (Å²) in [6.07, 6.45) is -3.20. The van der Waals surface area contributed by atoms with Crippen molar-refractivity contribution in [3.8, 4) is 0 Å². The summed E-state index contributed by atoms with van der Waals surface area (Å²) in [4.78, 5) is 55.3. The first-order valence-corrected chi connectivity index (χ1v) is 11.9. The zero-order valence-electron chi connectivity index (χ0n) is 19.7. The molecule has 0 radical (unpaired) electrons. The van der Waals surface area contributed by atoms with E-state index in [1.165, 1.54) is 17.0 Å². The minimum atomic E-state index is -4.60. The molecule has 0 bridgehead atoms. The molecule has 8 nitrogen and oxygen atoms in total. The molecule has 1 unspecified atom stereocenters. The molecule has 192 valence electrons. The molecule has 6 rings (SSSR count). The van der Waals surface area contributed by atoms with E-state index in [1.54, 1.807) is 30.1 Å². The lowest BCUT2D eigenvalue weighted by Crippen LogP contribution is -2.59. The Bertz CT molecular complexity index is 1400. The lowest BCUT2D eigenvalue weighted by molar-refractivity contribution is -0.151. The molecule has 1 saturated heterocycles. The maximum absolute atomic E-state index is 13.7. The van der Waals surface area contributed by atoms with Gasteiger partial charge in [0.2, 0.25) is 11.8 Å². The number of carboxylic acids is 1. The van der Waals surface area contributed by atoms with E-state index < -0.39 is 53.6 Å². The van der Waals surface area contributed by atoms with Crippen molar-refractivity contribution >= 4 is 35.2 Å². The number of carbonyl (C=O) groups is 4. The summed E-state index contributed by atoms with van der Waals surface area (Å²) < 4.78 is 40.8. The molecule has 2 fully saturated rings. The quantitative estimate of drug-likeness (QED) is 0.629. The van der Waals surface area contributed by atoms with E-state index in [9.17, 15) is 37.5 Å². The molecular formula is C26H22F3N3O5. The monoisotopic (exact) mass is 513 g/mol. The molecule has 1 saturated carbocycles. The van der Waals surface area contributed by atoms with Crippen LogP contribution in [0.4, 0.5) is 29.3 Å². The minimum absolute atomic E-state index is 0.000291. The highest BCUT2D eigenvalue weighted by Crippen LogP contribution is 2.57. The van der Waals surface area contributed by atoms with Gasteiger partial charge in [-0.1, -0.05) is 12.1 Å². The second-order valence-corrected chi connectivity index (χ2v) is 10.1. The van der Waals surface area contributed by atoms with E-state index in [-0.39, 0.29) is 29.9 Å². The topological polar surface area (TPSA) is 98.2 Å². The number of nitrogens with zero attached hydrogens (tertiary/aromatic N) is 3. The number of rotatable bonds is 3. The lowest BCUT2D eigenvalue weighted by atomic mass is 9.96. The second-order valence-electron chi connectivity index (χ2n) is 10.1. The van der Waals surface area contributed by atoms with Gasteiger partial charge >= 0.3 is 18.2 Å². The Labute approximate surface area is 209 Å². The number of fused-ring (bicyclic) bond motifs is 3. The molecule has 1 N–H and O–H groups in total. The van der Waals surface area contributed by atoms with Crippen LogP contribution < -0.4 is 9.80 Å². The first kappa shape index (κ1) is 23.5. The van der Waals surface area contributed by atoms with E-state index in [2.05, 4.69) is 0 Å². The molecule has 4 amide bonds. The average Bonchev–Trinajstić information content (AvgIpc) is 3.51. The van der Waals surface area contributed by atoms with Crippen LogP contribution in [0.5, 0.6) is 0 Å². The number of imide groups is 1. The first-order chi connectivity index (χ1) is 17.5. The van der Waals surface area contributed by atoms with Crippen LogP contribution in [0.25, 0.3) is 0 Å². The summed E-state index contributed by atoms with van der Waals surface area (Å²) >= 11 is 0. The van der Waals surface area contributed by atoms with Crippen LogP contribution in [0.15, 0.2) is 36.4 Å². The van der Waals surface area contributed by atoms with Crippen LogP contribution >= 0.6 is 0 Å². The van der Waals surface area contributed by atoms with Crippen molar-refractivity contribution in [3.63, 3.8) is 0 Å². The fraction of sp³-hybridized carbons (Fsp3) is 0.385. The molecule has 2 aromatic rings. The fourth-order valence-electron chi connectivity index (χ4n) is 6.11. The van der Waals surface area contributed by atoms with Gasteiger partial charge < -0.3 is 10.0 Å². The normalized spacial score (nSPS) is 24.1. The van der Waals surface area contributed by atoms with Gasteiger partial charge in [-0.2, -0.15) is 13.2 Å². The minimum Gasteiger partial charge on any atom is -0.481 e. The van der Waals surface area contributed by atoms with Crippen molar-refractivity contribution in [3.05, 3.63) is 58.7 Å². The molecule has 2 heterocycles. The van der Waals surface area contributed by atoms with Crippen LogP contribution in [-0.4, -0.2) is 47.4 Å². The van der Waals surface area contributed by atoms with Crippen LogP contribution in [0.2, 0.25) is 0 Å². The van der Waals surface area contributed by atoms with Gasteiger partial charge in [-0.15, -0.1) is 0 Å². The zero-order valence-corrected chi connectivity index (χ0v) is 19.7. The van der Waals surface area contributed by atoms with Gasteiger partial charge in [-0.25, -0.2) is 4.79 Å². The Balaban J connectivity index is 1.41. The van der Waals surface area contributed by atoms with E-state index in [0.29, 0.717) is 24.2 Å². The number of urea groups is 1. The fourth-order valence-corrected chi connectivity index (χ4v) is 6.11. The summed E-state index contributed by atoms with van der Waals surface area (Å²) in [5, 5.41) is 9.80. The highest BCUT2D eigenvalue weighted by Gasteiger charge is 2.58. The molecule has 2 aromatic carbocycles. The number of carbonyl (C=O) groups excluding carboxylic acids is 3. The number of aliphatic carboxylic acids is 1. The summed E-state index contributed by atoms with van der Waals surface area (Å²) in [6, 6.07) is 6.82. The molecule has 2 atom stereocenters. The number of benzene rings is 2. The van der Waals surface area contributed by atoms with Gasteiger partial charge in [0.05, 0.1) is 17.0 Å². The molecule has 4 aliphatic rings. The Morgan fingerprint density at radius 1 is 1.11 bits per heavy atom. The number of amides is 4. The summed E-state index contributed by atoms with van der Waals surface area (Å²) in [7, 11) is 1.67. The Morgan fingerprint density at radius 3 is 2.49 bits per heavy atom. The maximum atomic E-state index is 13.7. The molecule has 0 aromatic heterocycles. The summed E-state index contributed by atoms with van der Waals surface area (Å²) in [6.45, 7) is -0.415. The standard InChI is InChI=1S/C26H22F3N3O5/c1-30-20-7-5-13(11-18(20)25(9-10-25)23(30)36)31-12-16(22(34)35)21(33)32(24(31)37)19-8-6-14-15(19)3-2-4-17(14)26(27,28)29/h2-5,7,11,16,19H,6,8-10,12H2,1H3,(H,34,35)/t16?,19-/m1/s1. The van der Waals surface area contributed by atoms with Crippen molar-refractivity contribution in [2.75, 3.05) is 23.4 Å². The molecule has 2 aliphatic heterocycles. The highest BCUT2D eigenvalue weighted by atomic mass is 19.4. The van der Waals surface area contributed by atoms with Gasteiger partial charge in [-0.3, -0.25) is 24.2 Å². The van der Waals surface area contributed by atoms with Crippen molar-refractivity contribution in [2.45, 2.75) is 43.3 Å². The van der Waals surface area contributed by atoms with E-state index >= 15 is 0 Å². The van der Waals surface area contributed by atoms with Crippen molar-refractivity contribution < 1.29 is 37.5 Å². The zero-order chi connectivity index (χ0) is 26.4. The molecule has 2 aliphatic carbocycles. The molecule has 1 spiro atoms. The third-order valence-electron chi connectivity index (χ3n) is 8.12. The number of carboxylic acid groups (broad SMARTS) is 1. The van der Waals surface area contributed by atoms with E-state index in [4.69, 9.17) is 0 Å². The van der Waals surface area contributed by atoms with Crippen molar-refractivity contribution in [2.24, 2.45) is 5.92 Å². The van der Waals surface area contributed by atoms with Crippen LogP contribution in [0, 0.1) is 5.92 Å². The molecule has 37 heavy (non-hydrogen) atoms. The SMILES string of the molecule is CN1C(=O)C2(CC2)c2cc(N3CC(C(=O)O)C(=O)N([C@@H]4CCc5c4cccc5C(F)(F)F)C3=O)ccc21. The smallest absolute Gasteiger partial charge is 0.416 e. The number of halogens is 3. The average molecular weight is 513 g/mol. The van der Waals surface area contributed by atoms with E-state index in [0.717, 1.165) is 16.5 Å². The number of hydrogen-bond donors (Lipinski definition) is 1. The number of likely N-dealkylation sites (N-methyl/N-ethyl adjacent to an activating group) is 1. The van der Waals surface area contributed by atoms with Gasteiger partial charge in [0, 0.05) is 25.0 Å². The van der Waals surface area contributed by atoms with Crippen LogP contribution in [-0.2, 0) is 32.4 Å². The number of alkyl halides is 3. The highest BCUT2D eigenvalue weighted by molar-refractivity contribution is 6.14. The van der Waals surface area contributed by atoms with Crippen LogP contribution in [0.1, 0.15) is 47.6 Å². The maximum Gasteiger partial charge on any atom is 0.416 e. The predicted molar refractivity (Wildman–Crippen MR) is 124 cm³/mol. The van der Waals surface area contributed by atoms with Gasteiger partial charge in [-0.05, 0) is 66.6 Å². The number of hydrogen-bond acceptors (Lipinski definition) is 4. The van der Waals surface area contributed by atoms with E-state index in [1.807, 2.05) is 0 Å². The molecular weight excluding hydrogens is 491 g/mol. The second kappa shape index (κ2) is 7.56. The van der Waals surface area contributed by atoms with Gasteiger partial charge in [0.15, 0.2) is 5.92 Å². The molecule has 11 heteroatoms. The summed E-state index contributed by atoms with van der Waals surface area (Å²) in [5.74, 6) is -3.99. The third kappa shape index (κ3) is 3.22. The van der Waals surface area contributed by atoms with Gasteiger partial charge in [0.1, 0.15) is 0 Å². The largest absolute Gasteiger partial charge is 0.481 e. The van der Waals surface area contributed by atoms with Crippen LogP contribution in [0.3, 0.4) is 0 Å². The van der Waals surface area contributed by atoms with Gasteiger partial charge in [0.25, 0.3) is 0 Å². The Morgan fingerprint density at radius 2 is 1.84 bits per heavy atom. The third-order valence-corrected chi connectivity index (χ3v) is 8.12. The number of anilines is 2.